The number of fused-ring (bicyclic) bond motifs is 1. The van der Waals surface area contributed by atoms with Crippen molar-refractivity contribution in [3.05, 3.63) is 58.5 Å². The van der Waals surface area contributed by atoms with Gasteiger partial charge in [-0.15, -0.1) is 0 Å². The predicted octanol–water partition coefficient (Wildman–Crippen LogP) is 3.39. The van der Waals surface area contributed by atoms with Crippen LogP contribution in [0.25, 0.3) is 11.2 Å². The van der Waals surface area contributed by atoms with E-state index in [-0.39, 0.29) is 5.56 Å². The fourth-order valence-corrected chi connectivity index (χ4v) is 2.61. The summed E-state index contributed by atoms with van der Waals surface area (Å²) in [6.07, 6.45) is 2.35. The van der Waals surface area contributed by atoms with E-state index in [4.69, 9.17) is 16.7 Å². The molecule has 0 aliphatic heterocycles. The lowest BCUT2D eigenvalue weighted by Crippen LogP contribution is -2.06. The van der Waals surface area contributed by atoms with Gasteiger partial charge in [-0.05, 0) is 23.8 Å². The maximum atomic E-state index is 11.1. The average molecular weight is 316 g/mol. The van der Waals surface area contributed by atoms with Crippen LogP contribution in [0.1, 0.15) is 28.7 Å². The highest BCUT2D eigenvalue weighted by molar-refractivity contribution is 6.31. The van der Waals surface area contributed by atoms with Gasteiger partial charge in [0.15, 0.2) is 5.65 Å². The van der Waals surface area contributed by atoms with Crippen LogP contribution in [0.15, 0.2) is 36.5 Å². The van der Waals surface area contributed by atoms with Gasteiger partial charge >= 0.3 is 5.97 Å². The fourth-order valence-electron chi connectivity index (χ4n) is 2.45. The SMILES string of the molecule is CCc1nc2cc(Cl)cnc2n1Cc1cccc(C(=O)O)c1. The minimum absolute atomic E-state index is 0.274. The highest BCUT2D eigenvalue weighted by atomic mass is 35.5. The largest absolute Gasteiger partial charge is 0.478 e. The molecule has 0 saturated carbocycles. The van der Waals surface area contributed by atoms with Crippen molar-refractivity contribution in [2.45, 2.75) is 19.9 Å². The van der Waals surface area contributed by atoms with Gasteiger partial charge in [-0.2, -0.15) is 0 Å². The molecule has 0 bridgehead atoms. The molecule has 0 saturated heterocycles. The number of carbonyl (C=O) groups is 1. The van der Waals surface area contributed by atoms with Crippen LogP contribution in [0.4, 0.5) is 0 Å². The molecule has 0 radical (unpaired) electrons. The van der Waals surface area contributed by atoms with Crippen LogP contribution in [-0.4, -0.2) is 25.6 Å². The Balaban J connectivity index is 2.06. The van der Waals surface area contributed by atoms with Crippen LogP contribution < -0.4 is 0 Å². The Morgan fingerprint density at radius 3 is 2.91 bits per heavy atom. The molecule has 5 nitrogen and oxygen atoms in total. The average Bonchev–Trinajstić information content (AvgIpc) is 2.84. The van der Waals surface area contributed by atoms with Crippen molar-refractivity contribution in [3.63, 3.8) is 0 Å². The van der Waals surface area contributed by atoms with Crippen molar-refractivity contribution in [1.82, 2.24) is 14.5 Å². The maximum Gasteiger partial charge on any atom is 0.335 e. The van der Waals surface area contributed by atoms with Gasteiger partial charge in [-0.3, -0.25) is 0 Å². The number of hydrogen-bond acceptors (Lipinski definition) is 3. The minimum Gasteiger partial charge on any atom is -0.478 e. The summed E-state index contributed by atoms with van der Waals surface area (Å²) in [5.41, 5.74) is 2.67. The summed E-state index contributed by atoms with van der Waals surface area (Å²) in [5.74, 6) is -0.0385. The molecule has 6 heteroatoms. The van der Waals surface area contributed by atoms with E-state index < -0.39 is 5.97 Å². The maximum absolute atomic E-state index is 11.1. The van der Waals surface area contributed by atoms with E-state index >= 15 is 0 Å². The Morgan fingerprint density at radius 2 is 2.18 bits per heavy atom. The van der Waals surface area contributed by atoms with Gasteiger partial charge in [0.05, 0.1) is 17.1 Å². The van der Waals surface area contributed by atoms with Crippen molar-refractivity contribution in [2.75, 3.05) is 0 Å². The normalized spacial score (nSPS) is 11.0. The first-order valence-electron chi connectivity index (χ1n) is 6.91. The van der Waals surface area contributed by atoms with Gasteiger partial charge < -0.3 is 9.67 Å². The number of pyridine rings is 1. The molecule has 112 valence electrons. The van der Waals surface area contributed by atoms with E-state index in [1.807, 2.05) is 17.6 Å². The highest BCUT2D eigenvalue weighted by Crippen LogP contribution is 2.20. The lowest BCUT2D eigenvalue weighted by atomic mass is 10.1. The van der Waals surface area contributed by atoms with Crippen LogP contribution >= 0.6 is 11.6 Å². The summed E-state index contributed by atoms with van der Waals surface area (Å²) < 4.78 is 1.99. The van der Waals surface area contributed by atoms with E-state index in [9.17, 15) is 4.79 Å². The zero-order valence-corrected chi connectivity index (χ0v) is 12.7. The summed E-state index contributed by atoms with van der Waals surface area (Å²) in [5, 5.41) is 9.64. The molecule has 3 aromatic rings. The number of carboxylic acids is 1. The molecule has 0 aliphatic rings. The van der Waals surface area contributed by atoms with Crippen molar-refractivity contribution >= 4 is 28.7 Å². The zero-order valence-electron chi connectivity index (χ0n) is 12.0. The second-order valence-corrected chi connectivity index (χ2v) is 5.41. The molecule has 0 spiro atoms. The Bertz CT molecular complexity index is 858. The number of imidazole rings is 1. The van der Waals surface area contributed by atoms with Gasteiger partial charge in [-0.25, -0.2) is 14.8 Å². The van der Waals surface area contributed by atoms with E-state index in [1.54, 1.807) is 30.5 Å². The fraction of sp³-hybridized carbons (Fsp3) is 0.188. The highest BCUT2D eigenvalue weighted by Gasteiger charge is 2.12. The van der Waals surface area contributed by atoms with E-state index in [1.165, 1.54) is 0 Å². The van der Waals surface area contributed by atoms with E-state index in [0.717, 1.165) is 29.0 Å². The number of nitrogens with zero attached hydrogens (tertiary/aromatic N) is 3. The molecular formula is C16H14ClN3O2. The summed E-state index contributed by atoms with van der Waals surface area (Å²) in [6.45, 7) is 2.54. The standard InChI is InChI=1S/C16H14ClN3O2/c1-2-14-19-13-7-12(17)8-18-15(13)20(14)9-10-4-3-5-11(6-10)16(21)22/h3-8H,2,9H2,1H3,(H,21,22). The first kappa shape index (κ1) is 14.5. The lowest BCUT2D eigenvalue weighted by Gasteiger charge is -2.08. The number of hydrogen-bond donors (Lipinski definition) is 1. The van der Waals surface area contributed by atoms with Gasteiger partial charge in [-0.1, -0.05) is 30.7 Å². The molecule has 0 unspecified atom stereocenters. The molecule has 0 aliphatic carbocycles. The first-order valence-corrected chi connectivity index (χ1v) is 7.29. The summed E-state index contributed by atoms with van der Waals surface area (Å²) in [4.78, 5) is 20.0. The zero-order chi connectivity index (χ0) is 15.7. The molecule has 22 heavy (non-hydrogen) atoms. The number of halogens is 1. The Hall–Kier alpha value is -2.40. The van der Waals surface area contributed by atoms with Crippen molar-refractivity contribution < 1.29 is 9.90 Å². The number of aromatic carboxylic acids is 1. The topological polar surface area (TPSA) is 68.0 Å². The third-order valence-electron chi connectivity index (χ3n) is 3.46. The van der Waals surface area contributed by atoms with Crippen molar-refractivity contribution in [3.8, 4) is 0 Å². The van der Waals surface area contributed by atoms with Crippen molar-refractivity contribution in [1.29, 1.82) is 0 Å². The molecule has 1 aromatic carbocycles. The van der Waals surface area contributed by atoms with Gasteiger partial charge in [0.1, 0.15) is 11.3 Å². The van der Waals surface area contributed by atoms with Crippen LogP contribution in [-0.2, 0) is 13.0 Å². The van der Waals surface area contributed by atoms with Gasteiger partial charge in [0.2, 0.25) is 0 Å². The number of carboxylic acid groups (broad SMARTS) is 1. The lowest BCUT2D eigenvalue weighted by molar-refractivity contribution is 0.0696. The molecular weight excluding hydrogens is 302 g/mol. The quantitative estimate of drug-likeness (QED) is 0.801. The second kappa shape index (κ2) is 5.77. The van der Waals surface area contributed by atoms with Crippen LogP contribution in [0.5, 0.6) is 0 Å². The number of aryl methyl sites for hydroxylation is 1. The Kier molecular flexibility index (Phi) is 3.81. The Labute approximate surface area is 132 Å². The monoisotopic (exact) mass is 315 g/mol. The van der Waals surface area contributed by atoms with Crippen LogP contribution in [0, 0.1) is 0 Å². The third-order valence-corrected chi connectivity index (χ3v) is 3.67. The molecule has 3 rings (SSSR count). The van der Waals surface area contributed by atoms with Crippen LogP contribution in [0.2, 0.25) is 5.02 Å². The number of aromatic nitrogens is 3. The number of benzene rings is 1. The predicted molar refractivity (Wildman–Crippen MR) is 84.4 cm³/mol. The minimum atomic E-state index is -0.932. The van der Waals surface area contributed by atoms with Gasteiger partial charge in [0.25, 0.3) is 0 Å². The molecule has 0 fully saturated rings. The molecule has 0 atom stereocenters. The third kappa shape index (κ3) is 2.67. The summed E-state index contributed by atoms with van der Waals surface area (Å²) in [7, 11) is 0. The van der Waals surface area contributed by atoms with E-state index in [2.05, 4.69) is 9.97 Å². The Morgan fingerprint density at radius 1 is 1.36 bits per heavy atom. The van der Waals surface area contributed by atoms with Crippen molar-refractivity contribution in [2.24, 2.45) is 0 Å². The van der Waals surface area contributed by atoms with Crippen LogP contribution in [0.3, 0.4) is 0 Å². The number of rotatable bonds is 4. The molecule has 2 heterocycles. The van der Waals surface area contributed by atoms with Gasteiger partial charge in [0, 0.05) is 12.6 Å². The second-order valence-electron chi connectivity index (χ2n) is 4.97. The molecule has 0 amide bonds. The summed E-state index contributed by atoms with van der Waals surface area (Å²) >= 11 is 5.96. The first-order chi connectivity index (χ1) is 10.6. The molecule has 2 aromatic heterocycles. The summed E-state index contributed by atoms with van der Waals surface area (Å²) in [6, 6.07) is 8.68. The smallest absolute Gasteiger partial charge is 0.335 e. The van der Waals surface area contributed by atoms with E-state index in [0.29, 0.717) is 11.6 Å². The molecule has 1 N–H and O–H groups in total.